The lowest BCUT2D eigenvalue weighted by atomic mass is 9.99. The maximum Gasteiger partial charge on any atom is 0.312 e. The summed E-state index contributed by atoms with van der Waals surface area (Å²) in [5.41, 5.74) is 7.70. The highest BCUT2D eigenvalue weighted by Crippen LogP contribution is 2.31. The quantitative estimate of drug-likeness (QED) is 0.665. The maximum atomic E-state index is 10.9. The van der Waals surface area contributed by atoms with Gasteiger partial charge < -0.3 is 10.8 Å². The Labute approximate surface area is 76.2 Å². The van der Waals surface area contributed by atoms with Crippen LogP contribution in [0.3, 0.4) is 0 Å². The van der Waals surface area contributed by atoms with E-state index in [-0.39, 0.29) is 6.04 Å². The van der Waals surface area contributed by atoms with Gasteiger partial charge in [-0.2, -0.15) is 0 Å². The Morgan fingerprint density at radius 1 is 1.46 bits per heavy atom. The van der Waals surface area contributed by atoms with Crippen molar-refractivity contribution in [3.63, 3.8) is 0 Å². The highest BCUT2D eigenvalue weighted by Gasteiger charge is 2.34. The van der Waals surface area contributed by atoms with Gasteiger partial charge in [-0.1, -0.05) is 24.3 Å². The number of benzene rings is 1. The zero-order chi connectivity index (χ0) is 9.42. The Hall–Kier alpha value is -1.35. The second-order valence-corrected chi connectivity index (χ2v) is 3.38. The Morgan fingerprint density at radius 2 is 2.15 bits per heavy atom. The highest BCUT2D eigenvalue weighted by atomic mass is 16.4. The van der Waals surface area contributed by atoms with E-state index in [9.17, 15) is 4.79 Å². The molecule has 0 saturated carbocycles. The first-order valence-electron chi connectivity index (χ1n) is 4.26. The molecule has 0 bridgehead atoms. The van der Waals surface area contributed by atoms with Crippen molar-refractivity contribution in [1.29, 1.82) is 0 Å². The first-order valence-corrected chi connectivity index (χ1v) is 4.26. The molecule has 0 heterocycles. The van der Waals surface area contributed by atoms with Gasteiger partial charge in [0.2, 0.25) is 0 Å². The number of fused-ring (bicyclic) bond motifs is 1. The van der Waals surface area contributed by atoms with Gasteiger partial charge in [-0.05, 0) is 17.5 Å². The van der Waals surface area contributed by atoms with Gasteiger partial charge in [0.15, 0.2) is 0 Å². The number of hydrogen-bond donors (Lipinski definition) is 2. The van der Waals surface area contributed by atoms with Crippen LogP contribution in [0.1, 0.15) is 17.0 Å². The molecule has 2 rings (SSSR count). The molecule has 0 spiro atoms. The first kappa shape index (κ1) is 8.26. The molecule has 1 aromatic rings. The molecular formula is C10H11NO2. The number of carboxylic acids is 1. The van der Waals surface area contributed by atoms with E-state index in [1.165, 1.54) is 0 Å². The van der Waals surface area contributed by atoms with Crippen LogP contribution in [0.2, 0.25) is 0 Å². The molecule has 0 aromatic heterocycles. The highest BCUT2D eigenvalue weighted by molar-refractivity contribution is 5.79. The summed E-state index contributed by atoms with van der Waals surface area (Å²) >= 11 is 0. The minimum atomic E-state index is -0.822. The van der Waals surface area contributed by atoms with Crippen molar-refractivity contribution in [3.05, 3.63) is 35.4 Å². The summed E-state index contributed by atoms with van der Waals surface area (Å²) in [7, 11) is 0. The van der Waals surface area contributed by atoms with E-state index < -0.39 is 11.9 Å². The minimum Gasteiger partial charge on any atom is -0.481 e. The number of hydrogen-bond acceptors (Lipinski definition) is 2. The van der Waals surface area contributed by atoms with Crippen LogP contribution in [0.5, 0.6) is 0 Å². The summed E-state index contributed by atoms with van der Waals surface area (Å²) in [6.45, 7) is 0. The molecule has 13 heavy (non-hydrogen) atoms. The predicted octanol–water partition coefficient (Wildman–Crippen LogP) is 0.738. The molecule has 3 nitrogen and oxygen atoms in total. The molecule has 0 radical (unpaired) electrons. The van der Waals surface area contributed by atoms with E-state index in [0.29, 0.717) is 6.42 Å². The van der Waals surface area contributed by atoms with Crippen LogP contribution in [0, 0.1) is 0 Å². The number of rotatable bonds is 1. The Bertz CT molecular complexity index is 349. The van der Waals surface area contributed by atoms with Gasteiger partial charge in [0.1, 0.15) is 0 Å². The average molecular weight is 177 g/mol. The first-order chi connectivity index (χ1) is 6.20. The molecule has 68 valence electrons. The van der Waals surface area contributed by atoms with Crippen LogP contribution in [-0.4, -0.2) is 17.1 Å². The SMILES string of the molecule is NC1Cc2ccccc2C1C(=O)O. The minimum absolute atomic E-state index is 0.269. The van der Waals surface area contributed by atoms with Gasteiger partial charge in [-0.25, -0.2) is 0 Å². The summed E-state index contributed by atoms with van der Waals surface area (Å²) in [6, 6.07) is 7.29. The summed E-state index contributed by atoms with van der Waals surface area (Å²) in [6.07, 6.45) is 0.674. The largest absolute Gasteiger partial charge is 0.481 e. The number of nitrogens with two attached hydrogens (primary N) is 1. The smallest absolute Gasteiger partial charge is 0.312 e. The van der Waals surface area contributed by atoms with Crippen molar-refractivity contribution in [2.75, 3.05) is 0 Å². The second-order valence-electron chi connectivity index (χ2n) is 3.38. The van der Waals surface area contributed by atoms with Crippen molar-refractivity contribution in [2.24, 2.45) is 5.73 Å². The van der Waals surface area contributed by atoms with Gasteiger partial charge in [-0.3, -0.25) is 4.79 Å². The van der Waals surface area contributed by atoms with E-state index >= 15 is 0 Å². The fraction of sp³-hybridized carbons (Fsp3) is 0.300. The van der Waals surface area contributed by atoms with Gasteiger partial charge in [0.25, 0.3) is 0 Å². The summed E-state index contributed by atoms with van der Waals surface area (Å²) < 4.78 is 0. The lowest BCUT2D eigenvalue weighted by Crippen LogP contribution is -2.30. The molecule has 0 saturated heterocycles. The van der Waals surface area contributed by atoms with E-state index in [4.69, 9.17) is 10.8 Å². The van der Waals surface area contributed by atoms with Crippen LogP contribution >= 0.6 is 0 Å². The molecule has 1 aliphatic carbocycles. The molecule has 2 atom stereocenters. The van der Waals surface area contributed by atoms with Crippen molar-refractivity contribution >= 4 is 5.97 Å². The summed E-state index contributed by atoms with van der Waals surface area (Å²) in [5, 5.41) is 8.95. The molecule has 0 amide bonds. The van der Waals surface area contributed by atoms with Crippen LogP contribution in [-0.2, 0) is 11.2 Å². The van der Waals surface area contributed by atoms with Crippen LogP contribution in [0.25, 0.3) is 0 Å². The number of carbonyl (C=O) groups is 1. The Morgan fingerprint density at radius 3 is 2.85 bits per heavy atom. The van der Waals surface area contributed by atoms with Crippen molar-refractivity contribution in [3.8, 4) is 0 Å². The third-order valence-corrected chi connectivity index (χ3v) is 2.54. The normalized spacial score (nSPS) is 25.6. The molecule has 3 heteroatoms. The lowest BCUT2D eigenvalue weighted by molar-refractivity contribution is -0.139. The standard InChI is InChI=1S/C10H11NO2/c11-8-5-6-3-1-2-4-7(6)9(8)10(12)13/h1-4,8-9H,5,11H2,(H,12,13). The van der Waals surface area contributed by atoms with Gasteiger partial charge >= 0.3 is 5.97 Å². The fourth-order valence-electron chi connectivity index (χ4n) is 1.94. The van der Waals surface area contributed by atoms with Crippen LogP contribution < -0.4 is 5.73 Å². The average Bonchev–Trinajstić information content (AvgIpc) is 2.39. The zero-order valence-electron chi connectivity index (χ0n) is 7.10. The molecule has 0 aliphatic heterocycles. The lowest BCUT2D eigenvalue weighted by Gasteiger charge is -2.10. The number of carboxylic acid groups (broad SMARTS) is 1. The predicted molar refractivity (Wildman–Crippen MR) is 48.5 cm³/mol. The third-order valence-electron chi connectivity index (χ3n) is 2.54. The molecule has 1 aliphatic rings. The molecular weight excluding hydrogens is 166 g/mol. The van der Waals surface area contributed by atoms with E-state index in [1.807, 2.05) is 24.3 Å². The molecule has 2 unspecified atom stereocenters. The number of aliphatic carboxylic acids is 1. The van der Waals surface area contributed by atoms with E-state index in [0.717, 1.165) is 11.1 Å². The van der Waals surface area contributed by atoms with Crippen molar-refractivity contribution in [2.45, 2.75) is 18.4 Å². The topological polar surface area (TPSA) is 63.3 Å². The maximum absolute atomic E-state index is 10.9. The van der Waals surface area contributed by atoms with Crippen molar-refractivity contribution < 1.29 is 9.90 Å². The summed E-state index contributed by atoms with van der Waals surface area (Å²) in [5.74, 6) is -1.34. The molecule has 0 fully saturated rings. The second kappa shape index (κ2) is 2.85. The molecule has 3 N–H and O–H groups in total. The van der Waals surface area contributed by atoms with Gasteiger partial charge in [0.05, 0.1) is 5.92 Å². The fourth-order valence-corrected chi connectivity index (χ4v) is 1.94. The van der Waals surface area contributed by atoms with Gasteiger partial charge in [-0.15, -0.1) is 0 Å². The third kappa shape index (κ3) is 1.21. The van der Waals surface area contributed by atoms with Gasteiger partial charge in [0, 0.05) is 6.04 Å². The van der Waals surface area contributed by atoms with E-state index in [2.05, 4.69) is 0 Å². The molecule has 1 aromatic carbocycles. The Kier molecular flexibility index (Phi) is 1.81. The van der Waals surface area contributed by atoms with Crippen LogP contribution in [0.4, 0.5) is 0 Å². The zero-order valence-corrected chi connectivity index (χ0v) is 7.10. The van der Waals surface area contributed by atoms with Crippen LogP contribution in [0.15, 0.2) is 24.3 Å². The monoisotopic (exact) mass is 177 g/mol. The van der Waals surface area contributed by atoms with E-state index in [1.54, 1.807) is 0 Å². The summed E-state index contributed by atoms with van der Waals surface area (Å²) in [4.78, 5) is 10.9. The van der Waals surface area contributed by atoms with Crippen molar-refractivity contribution in [1.82, 2.24) is 0 Å². The Balaban J connectivity index is 2.46.